The van der Waals surface area contributed by atoms with Crippen LogP contribution in [-0.2, 0) is 14.3 Å². The van der Waals surface area contributed by atoms with E-state index < -0.39 is 23.7 Å². The minimum Gasteiger partial charge on any atom is -0.483 e. The van der Waals surface area contributed by atoms with E-state index in [1.807, 2.05) is 0 Å². The Morgan fingerprint density at radius 1 is 1.25 bits per heavy atom. The molecule has 1 aromatic carbocycles. The SMILES string of the molecule is O=C1C2=C(OC3CCC(Cl)CC13)C(=O)N(c1nccs1)C2c1ccccc1F. The number of Topliss-reactive ketones (excluding diaryl/α,β-unsaturated/α-hetero) is 1. The maximum atomic E-state index is 14.7. The molecule has 8 heteroatoms. The van der Waals surface area contributed by atoms with E-state index in [2.05, 4.69) is 4.98 Å². The lowest BCUT2D eigenvalue weighted by Gasteiger charge is -2.37. The first kappa shape index (κ1) is 17.8. The Morgan fingerprint density at radius 3 is 2.82 bits per heavy atom. The van der Waals surface area contributed by atoms with E-state index in [9.17, 15) is 14.0 Å². The summed E-state index contributed by atoms with van der Waals surface area (Å²) in [7, 11) is 0. The van der Waals surface area contributed by atoms with E-state index in [-0.39, 0.29) is 34.2 Å². The van der Waals surface area contributed by atoms with Crippen molar-refractivity contribution in [3.63, 3.8) is 0 Å². The highest BCUT2D eigenvalue weighted by Gasteiger charge is 2.54. The van der Waals surface area contributed by atoms with Gasteiger partial charge in [-0.05, 0) is 25.3 Å². The predicted octanol–water partition coefficient (Wildman–Crippen LogP) is 4.00. The summed E-state index contributed by atoms with van der Waals surface area (Å²) in [6, 6.07) is 5.29. The van der Waals surface area contributed by atoms with Crippen LogP contribution in [0.15, 0.2) is 47.2 Å². The Bertz CT molecular complexity index is 993. The number of aromatic nitrogens is 1. The van der Waals surface area contributed by atoms with Gasteiger partial charge in [-0.3, -0.25) is 14.5 Å². The zero-order valence-electron chi connectivity index (χ0n) is 14.7. The quantitative estimate of drug-likeness (QED) is 0.692. The van der Waals surface area contributed by atoms with E-state index in [0.717, 1.165) is 6.42 Å². The van der Waals surface area contributed by atoms with Gasteiger partial charge in [0, 0.05) is 22.5 Å². The highest BCUT2D eigenvalue weighted by Crippen LogP contribution is 2.49. The minimum atomic E-state index is -0.890. The summed E-state index contributed by atoms with van der Waals surface area (Å²) in [5, 5.41) is 2.04. The summed E-state index contributed by atoms with van der Waals surface area (Å²) >= 11 is 7.55. The molecule has 1 fully saturated rings. The molecule has 0 saturated heterocycles. The number of carbonyl (C=O) groups excluding carboxylic acids is 2. The second-order valence-electron chi connectivity index (χ2n) is 7.19. The summed E-state index contributed by atoms with van der Waals surface area (Å²) in [6.45, 7) is 0. The van der Waals surface area contributed by atoms with Crippen LogP contribution in [-0.4, -0.2) is 28.2 Å². The molecule has 0 spiro atoms. The first-order chi connectivity index (χ1) is 13.6. The van der Waals surface area contributed by atoms with Crippen LogP contribution in [0, 0.1) is 11.7 Å². The van der Waals surface area contributed by atoms with E-state index in [4.69, 9.17) is 16.3 Å². The molecule has 4 unspecified atom stereocenters. The molecule has 1 aromatic heterocycles. The molecule has 4 atom stereocenters. The second-order valence-corrected chi connectivity index (χ2v) is 8.68. The van der Waals surface area contributed by atoms with E-state index in [1.54, 1.807) is 29.8 Å². The van der Waals surface area contributed by atoms with Gasteiger partial charge in [0.1, 0.15) is 18.0 Å². The van der Waals surface area contributed by atoms with Gasteiger partial charge in [0.15, 0.2) is 16.7 Å². The summed E-state index contributed by atoms with van der Waals surface area (Å²) in [4.78, 5) is 32.3. The standard InChI is InChI=1S/C20H16ClFN2O3S/c21-10-5-6-14-12(9-10)17(25)15-16(11-3-1-2-4-13(11)22)24(19(26)18(15)27-14)20-23-7-8-28-20/h1-4,7-8,10,12,14,16H,5-6,9H2. The first-order valence-corrected chi connectivity index (χ1v) is 10.4. The van der Waals surface area contributed by atoms with Crippen LogP contribution in [0.2, 0.25) is 0 Å². The number of ketones is 1. The molecule has 0 radical (unpaired) electrons. The van der Waals surface area contributed by atoms with Gasteiger partial charge in [0.05, 0.1) is 11.5 Å². The van der Waals surface area contributed by atoms with Crippen LogP contribution >= 0.6 is 22.9 Å². The molecule has 3 aliphatic rings. The number of benzene rings is 1. The molecule has 1 amide bonds. The van der Waals surface area contributed by atoms with Crippen LogP contribution in [0.4, 0.5) is 9.52 Å². The van der Waals surface area contributed by atoms with Crippen molar-refractivity contribution in [2.24, 2.45) is 5.92 Å². The van der Waals surface area contributed by atoms with Gasteiger partial charge < -0.3 is 4.74 Å². The Balaban J connectivity index is 1.67. The Morgan fingerprint density at radius 2 is 2.07 bits per heavy atom. The number of alkyl halides is 1. The smallest absolute Gasteiger partial charge is 0.296 e. The number of ether oxygens (including phenoxy) is 1. The van der Waals surface area contributed by atoms with Gasteiger partial charge in [-0.15, -0.1) is 22.9 Å². The molecule has 1 saturated carbocycles. The maximum Gasteiger partial charge on any atom is 0.296 e. The van der Waals surface area contributed by atoms with E-state index >= 15 is 0 Å². The third kappa shape index (κ3) is 2.60. The molecule has 2 aliphatic heterocycles. The first-order valence-electron chi connectivity index (χ1n) is 9.13. The van der Waals surface area contributed by atoms with Crippen molar-refractivity contribution in [2.75, 3.05) is 4.90 Å². The van der Waals surface area contributed by atoms with Gasteiger partial charge in [-0.25, -0.2) is 9.37 Å². The highest BCUT2D eigenvalue weighted by atomic mass is 35.5. The Labute approximate surface area is 169 Å². The molecule has 28 heavy (non-hydrogen) atoms. The average molecular weight is 419 g/mol. The average Bonchev–Trinajstić information content (AvgIpc) is 3.30. The molecular weight excluding hydrogens is 403 g/mol. The van der Waals surface area contributed by atoms with Crippen LogP contribution in [0.1, 0.15) is 30.9 Å². The molecular formula is C20H16ClFN2O3S. The number of anilines is 1. The second kappa shape index (κ2) is 6.67. The van der Waals surface area contributed by atoms with Crippen molar-refractivity contribution in [3.8, 4) is 0 Å². The molecule has 5 rings (SSSR count). The number of hydrogen-bond acceptors (Lipinski definition) is 5. The summed E-state index contributed by atoms with van der Waals surface area (Å²) in [5.74, 6) is -1.48. The van der Waals surface area contributed by atoms with Crippen molar-refractivity contribution in [3.05, 3.63) is 58.6 Å². The van der Waals surface area contributed by atoms with Crippen LogP contribution in [0.5, 0.6) is 0 Å². The van der Waals surface area contributed by atoms with Crippen molar-refractivity contribution in [1.82, 2.24) is 4.98 Å². The van der Waals surface area contributed by atoms with Crippen LogP contribution < -0.4 is 4.90 Å². The van der Waals surface area contributed by atoms with E-state index in [0.29, 0.717) is 18.0 Å². The Kier molecular flexibility index (Phi) is 4.25. The minimum absolute atomic E-state index is 0.0303. The summed E-state index contributed by atoms with van der Waals surface area (Å²) in [5.41, 5.74) is 0.474. The summed E-state index contributed by atoms with van der Waals surface area (Å²) in [6.07, 6.45) is 3.07. The van der Waals surface area contributed by atoms with Gasteiger partial charge in [0.2, 0.25) is 0 Å². The topological polar surface area (TPSA) is 59.5 Å². The van der Waals surface area contributed by atoms with Gasteiger partial charge >= 0.3 is 0 Å². The lowest BCUT2D eigenvalue weighted by Crippen LogP contribution is -2.41. The van der Waals surface area contributed by atoms with Gasteiger partial charge in [0.25, 0.3) is 5.91 Å². The number of halogens is 2. The van der Waals surface area contributed by atoms with Gasteiger partial charge in [-0.2, -0.15) is 0 Å². The normalized spacial score (nSPS) is 29.6. The lowest BCUT2D eigenvalue weighted by molar-refractivity contribution is -0.131. The number of nitrogens with zero attached hydrogens (tertiary/aromatic N) is 2. The maximum absolute atomic E-state index is 14.7. The van der Waals surface area contributed by atoms with Crippen molar-refractivity contribution >= 4 is 39.8 Å². The number of carbonyl (C=O) groups is 2. The molecule has 2 aromatic rings. The van der Waals surface area contributed by atoms with Crippen molar-refractivity contribution < 1.29 is 18.7 Å². The summed E-state index contributed by atoms with van der Waals surface area (Å²) < 4.78 is 20.7. The molecule has 0 bridgehead atoms. The fraction of sp³-hybridized carbons (Fsp3) is 0.350. The largest absolute Gasteiger partial charge is 0.483 e. The van der Waals surface area contributed by atoms with Crippen molar-refractivity contribution in [2.45, 2.75) is 36.8 Å². The fourth-order valence-electron chi connectivity index (χ4n) is 4.34. The number of amides is 1. The van der Waals surface area contributed by atoms with E-state index in [1.165, 1.54) is 22.3 Å². The third-order valence-corrected chi connectivity index (χ3v) is 6.78. The van der Waals surface area contributed by atoms with Crippen LogP contribution in [0.3, 0.4) is 0 Å². The number of thiazole rings is 1. The zero-order chi connectivity index (χ0) is 19.4. The lowest BCUT2D eigenvalue weighted by atomic mass is 9.77. The third-order valence-electron chi connectivity index (χ3n) is 5.61. The number of fused-ring (bicyclic) bond motifs is 1. The fourth-order valence-corrected chi connectivity index (χ4v) is 5.32. The number of hydrogen-bond donors (Lipinski definition) is 0. The highest BCUT2D eigenvalue weighted by molar-refractivity contribution is 7.13. The Hall–Kier alpha value is -2.25. The monoisotopic (exact) mass is 418 g/mol. The molecule has 1 aliphatic carbocycles. The zero-order valence-corrected chi connectivity index (χ0v) is 16.3. The predicted molar refractivity (Wildman–Crippen MR) is 103 cm³/mol. The van der Waals surface area contributed by atoms with Crippen molar-refractivity contribution in [1.29, 1.82) is 0 Å². The number of rotatable bonds is 2. The molecule has 0 N–H and O–H groups in total. The molecule has 144 valence electrons. The molecule has 3 heterocycles. The van der Waals surface area contributed by atoms with Crippen LogP contribution in [0.25, 0.3) is 0 Å². The molecule has 5 nitrogen and oxygen atoms in total. The van der Waals surface area contributed by atoms with Gasteiger partial charge in [-0.1, -0.05) is 18.2 Å².